The third-order valence-corrected chi connectivity index (χ3v) is 10.3. The number of hydrogen-bond donors (Lipinski definition) is 0. The predicted octanol–water partition coefficient (Wildman–Crippen LogP) is 5.78. The first-order valence-corrected chi connectivity index (χ1v) is 12.6. The maximum absolute atomic E-state index is 12.8. The summed E-state index contributed by atoms with van der Waals surface area (Å²) in [5, 5.41) is 1.07. The molecule has 0 fully saturated rings. The molecule has 1 aliphatic heterocycles. The Morgan fingerprint density at radius 3 is 2.57 bits per heavy atom. The maximum Gasteiger partial charge on any atom is 0.344 e. The van der Waals surface area contributed by atoms with Crippen LogP contribution in [0.25, 0.3) is 22.1 Å². The monoisotopic (exact) mass is 394 g/mol. The molecule has 5 heteroatoms. The normalized spacial score (nSPS) is 14.0. The lowest BCUT2D eigenvalue weighted by Gasteiger charge is -2.36. The number of hydrogen-bond acceptors (Lipinski definition) is 4. The lowest BCUT2D eigenvalue weighted by Crippen LogP contribution is -2.43. The van der Waals surface area contributed by atoms with Gasteiger partial charge in [-0.2, -0.15) is 0 Å². The first kappa shape index (κ1) is 18.8. The van der Waals surface area contributed by atoms with Gasteiger partial charge in [0.05, 0.1) is 12.2 Å². The summed E-state index contributed by atoms with van der Waals surface area (Å²) in [7, 11) is -1.96. The second-order valence-corrected chi connectivity index (χ2v) is 13.6. The van der Waals surface area contributed by atoms with E-state index in [2.05, 4.69) is 33.9 Å². The molecule has 0 unspecified atom stereocenters. The smallest absolute Gasteiger partial charge is 0.344 e. The third-order valence-electron chi connectivity index (χ3n) is 5.93. The van der Waals surface area contributed by atoms with E-state index in [9.17, 15) is 4.79 Å². The Kier molecular flexibility index (Phi) is 4.38. The third kappa shape index (κ3) is 3.14. The molecule has 3 aromatic rings. The van der Waals surface area contributed by atoms with Crippen molar-refractivity contribution in [3.8, 4) is 22.6 Å². The largest absolute Gasteiger partial charge is 0.543 e. The van der Waals surface area contributed by atoms with Crippen LogP contribution in [0, 0.1) is 0 Å². The first-order chi connectivity index (χ1) is 13.2. The molecule has 4 rings (SSSR count). The predicted molar refractivity (Wildman–Crippen MR) is 115 cm³/mol. The van der Waals surface area contributed by atoms with Gasteiger partial charge < -0.3 is 13.6 Å². The molecule has 1 aromatic heterocycles. The summed E-state index contributed by atoms with van der Waals surface area (Å²) < 4.78 is 18.0. The van der Waals surface area contributed by atoms with E-state index >= 15 is 0 Å². The molecule has 0 atom stereocenters. The number of para-hydroxylation sites is 1. The Hall–Kier alpha value is -2.53. The van der Waals surface area contributed by atoms with Crippen molar-refractivity contribution in [3.63, 3.8) is 0 Å². The van der Waals surface area contributed by atoms with Crippen LogP contribution in [0.5, 0.6) is 11.5 Å². The molecule has 0 spiro atoms. The zero-order valence-corrected chi connectivity index (χ0v) is 18.1. The molecular formula is C23H26O4Si. The van der Waals surface area contributed by atoms with Crippen molar-refractivity contribution in [1.29, 1.82) is 0 Å². The number of fused-ring (bicyclic) bond motifs is 5. The van der Waals surface area contributed by atoms with E-state index in [1.165, 1.54) is 0 Å². The van der Waals surface area contributed by atoms with Crippen LogP contribution < -0.4 is 14.8 Å². The fourth-order valence-electron chi connectivity index (χ4n) is 3.35. The van der Waals surface area contributed by atoms with E-state index in [0.29, 0.717) is 29.9 Å². The van der Waals surface area contributed by atoms with Crippen molar-refractivity contribution in [2.24, 2.45) is 0 Å². The molecule has 0 N–H and O–H groups in total. The minimum absolute atomic E-state index is 0.104. The van der Waals surface area contributed by atoms with E-state index in [-0.39, 0.29) is 10.7 Å². The average Bonchev–Trinajstić information content (AvgIpc) is 2.80. The molecule has 146 valence electrons. The topological polar surface area (TPSA) is 48.7 Å². The standard InChI is InChI=1S/C23H26O4Si/c1-23(2,3)28(4,5)27-15-10-11-18-20(14-15)25-13-12-17-16-8-6-7-9-19(16)26-22(24)21(17)18/h6-11,14H,12-13H2,1-5H3. The lowest BCUT2D eigenvalue weighted by molar-refractivity contribution is 0.325. The van der Waals surface area contributed by atoms with E-state index in [0.717, 1.165) is 22.3 Å². The van der Waals surface area contributed by atoms with Crippen molar-refractivity contribution in [2.75, 3.05) is 6.61 Å². The highest BCUT2D eigenvalue weighted by molar-refractivity contribution is 6.74. The van der Waals surface area contributed by atoms with Crippen LogP contribution in [0.4, 0.5) is 0 Å². The maximum atomic E-state index is 12.8. The molecule has 0 saturated heterocycles. The van der Waals surface area contributed by atoms with Crippen LogP contribution in [0.15, 0.2) is 51.7 Å². The van der Waals surface area contributed by atoms with E-state index in [4.69, 9.17) is 13.6 Å². The van der Waals surface area contributed by atoms with Crippen molar-refractivity contribution in [1.82, 2.24) is 0 Å². The number of rotatable bonds is 2. The quantitative estimate of drug-likeness (QED) is 0.408. The van der Waals surface area contributed by atoms with Gasteiger partial charge >= 0.3 is 5.63 Å². The summed E-state index contributed by atoms with van der Waals surface area (Å²) in [5.74, 6) is 1.47. The highest BCUT2D eigenvalue weighted by Crippen LogP contribution is 2.41. The van der Waals surface area contributed by atoms with Crippen LogP contribution in [0.1, 0.15) is 26.3 Å². The van der Waals surface area contributed by atoms with Crippen LogP contribution in [-0.2, 0) is 6.42 Å². The van der Waals surface area contributed by atoms with Crippen LogP contribution >= 0.6 is 0 Å². The summed E-state index contributed by atoms with van der Waals surface area (Å²) in [6, 6.07) is 13.4. The van der Waals surface area contributed by atoms with Crippen molar-refractivity contribution < 1.29 is 13.6 Å². The van der Waals surface area contributed by atoms with E-state index in [1.807, 2.05) is 42.5 Å². The van der Waals surface area contributed by atoms with Gasteiger partial charge in [0.25, 0.3) is 0 Å². The van der Waals surface area contributed by atoms with Crippen molar-refractivity contribution >= 4 is 19.3 Å². The number of ether oxygens (including phenoxy) is 1. The number of benzene rings is 2. The molecule has 0 amide bonds. The molecule has 0 bridgehead atoms. The molecule has 0 radical (unpaired) electrons. The second kappa shape index (κ2) is 6.52. The Labute approximate surface area is 166 Å². The van der Waals surface area contributed by atoms with Gasteiger partial charge in [0, 0.05) is 23.4 Å². The van der Waals surface area contributed by atoms with Crippen molar-refractivity contribution in [2.45, 2.75) is 45.3 Å². The van der Waals surface area contributed by atoms with Gasteiger partial charge in [0.2, 0.25) is 8.32 Å². The van der Waals surface area contributed by atoms with Gasteiger partial charge in [-0.1, -0.05) is 39.0 Å². The minimum atomic E-state index is -1.96. The molecule has 2 heterocycles. The van der Waals surface area contributed by atoms with Crippen LogP contribution in [0.3, 0.4) is 0 Å². The molecule has 1 aliphatic rings. The van der Waals surface area contributed by atoms with Gasteiger partial charge in [0.15, 0.2) is 0 Å². The summed E-state index contributed by atoms with van der Waals surface area (Å²) >= 11 is 0. The molecule has 4 nitrogen and oxygen atoms in total. The summed E-state index contributed by atoms with van der Waals surface area (Å²) in [6.07, 6.45) is 0.661. The Morgan fingerprint density at radius 2 is 1.82 bits per heavy atom. The summed E-state index contributed by atoms with van der Waals surface area (Å²) in [4.78, 5) is 12.8. The lowest BCUT2D eigenvalue weighted by atomic mass is 9.97. The fourth-order valence-corrected chi connectivity index (χ4v) is 4.37. The summed E-state index contributed by atoms with van der Waals surface area (Å²) in [5.41, 5.74) is 2.66. The Balaban J connectivity index is 1.84. The molecule has 2 aromatic carbocycles. The van der Waals surface area contributed by atoms with Gasteiger partial charge in [-0.25, -0.2) is 4.79 Å². The van der Waals surface area contributed by atoms with Gasteiger partial charge in [0.1, 0.15) is 17.1 Å². The SMILES string of the molecule is CC(C)(C)[Si](C)(C)Oc1ccc2c(c1)OCCc1c-2c(=O)oc2ccccc12. The van der Waals surface area contributed by atoms with Gasteiger partial charge in [-0.15, -0.1) is 0 Å². The molecular weight excluding hydrogens is 368 g/mol. The highest BCUT2D eigenvalue weighted by atomic mass is 28.4. The molecule has 0 aliphatic carbocycles. The minimum Gasteiger partial charge on any atom is -0.543 e. The van der Waals surface area contributed by atoms with Crippen LogP contribution in [0.2, 0.25) is 18.1 Å². The van der Waals surface area contributed by atoms with Crippen molar-refractivity contribution in [3.05, 3.63) is 58.4 Å². The van der Waals surface area contributed by atoms with E-state index in [1.54, 1.807) is 0 Å². The zero-order chi connectivity index (χ0) is 20.1. The summed E-state index contributed by atoms with van der Waals surface area (Å²) in [6.45, 7) is 11.6. The Bertz CT molecular complexity index is 1110. The zero-order valence-electron chi connectivity index (χ0n) is 17.1. The first-order valence-electron chi connectivity index (χ1n) is 9.68. The average molecular weight is 395 g/mol. The van der Waals surface area contributed by atoms with Gasteiger partial charge in [-0.3, -0.25) is 0 Å². The van der Waals surface area contributed by atoms with Crippen LogP contribution in [-0.4, -0.2) is 14.9 Å². The highest BCUT2D eigenvalue weighted by Gasteiger charge is 2.39. The Morgan fingerprint density at radius 1 is 1.07 bits per heavy atom. The molecule has 0 saturated carbocycles. The fraction of sp³-hybridized carbons (Fsp3) is 0.348. The van der Waals surface area contributed by atoms with E-state index < -0.39 is 8.32 Å². The second-order valence-electron chi connectivity index (χ2n) is 8.86. The molecule has 28 heavy (non-hydrogen) atoms. The van der Waals surface area contributed by atoms with Gasteiger partial charge in [-0.05, 0) is 41.9 Å².